The third kappa shape index (κ3) is 3.65. The number of para-hydroxylation sites is 1. The molecule has 0 amide bonds. The lowest BCUT2D eigenvalue weighted by Gasteiger charge is -2.22. The largest absolute Gasteiger partial charge is 0.494 e. The molecule has 0 saturated carbocycles. The van der Waals surface area contributed by atoms with Gasteiger partial charge in [-0.3, -0.25) is 4.99 Å². The monoisotopic (exact) mass is 369 g/mol. The number of halogens is 1. The van der Waals surface area contributed by atoms with E-state index in [0.717, 1.165) is 10.9 Å². The van der Waals surface area contributed by atoms with E-state index >= 15 is 0 Å². The van der Waals surface area contributed by atoms with Crippen LogP contribution in [0.2, 0.25) is 0 Å². The Morgan fingerprint density at radius 3 is 2.81 bits per heavy atom. The molecule has 0 atom stereocenters. The van der Waals surface area contributed by atoms with Gasteiger partial charge in [0.15, 0.2) is 12.2 Å². The molecule has 2 aromatic carbocycles. The van der Waals surface area contributed by atoms with Crippen LogP contribution in [-0.4, -0.2) is 49.4 Å². The molecule has 1 aliphatic heterocycles. The SMILES string of the molecule is CN(CC1OCCO1)c1ccc(N=Cc2c(O)[nH]c3ccccc23)cc1F. The highest BCUT2D eigenvalue weighted by Crippen LogP contribution is 2.27. The maximum atomic E-state index is 14.5. The van der Waals surface area contributed by atoms with Crippen molar-refractivity contribution in [2.45, 2.75) is 6.29 Å². The predicted octanol–water partition coefficient (Wildman–Crippen LogP) is 3.57. The van der Waals surface area contributed by atoms with Gasteiger partial charge in [0.2, 0.25) is 0 Å². The molecule has 140 valence electrons. The molecule has 7 heteroatoms. The topological polar surface area (TPSA) is 70.1 Å². The number of nitrogens with zero attached hydrogens (tertiary/aromatic N) is 2. The van der Waals surface area contributed by atoms with Crippen LogP contribution >= 0.6 is 0 Å². The van der Waals surface area contributed by atoms with E-state index in [9.17, 15) is 9.50 Å². The van der Waals surface area contributed by atoms with E-state index in [0.29, 0.717) is 36.7 Å². The molecule has 0 spiro atoms. The number of benzene rings is 2. The summed E-state index contributed by atoms with van der Waals surface area (Å²) in [6.07, 6.45) is 1.20. The molecule has 3 aromatic rings. The van der Waals surface area contributed by atoms with Gasteiger partial charge < -0.3 is 24.5 Å². The summed E-state index contributed by atoms with van der Waals surface area (Å²) in [5.74, 6) is -0.346. The average molecular weight is 369 g/mol. The zero-order valence-electron chi connectivity index (χ0n) is 14.9. The van der Waals surface area contributed by atoms with Crippen LogP contribution in [0.1, 0.15) is 5.56 Å². The van der Waals surface area contributed by atoms with Crippen LogP contribution in [0, 0.1) is 5.82 Å². The fourth-order valence-corrected chi connectivity index (χ4v) is 3.14. The van der Waals surface area contributed by atoms with E-state index in [1.54, 1.807) is 24.1 Å². The van der Waals surface area contributed by atoms with E-state index in [4.69, 9.17) is 9.47 Å². The molecule has 1 fully saturated rings. The van der Waals surface area contributed by atoms with E-state index in [1.165, 1.54) is 12.3 Å². The minimum Gasteiger partial charge on any atom is -0.494 e. The Hall–Kier alpha value is -2.90. The van der Waals surface area contributed by atoms with Crippen molar-refractivity contribution in [2.75, 3.05) is 31.7 Å². The van der Waals surface area contributed by atoms with Crippen molar-refractivity contribution in [3.63, 3.8) is 0 Å². The van der Waals surface area contributed by atoms with E-state index in [1.807, 2.05) is 24.3 Å². The average Bonchev–Trinajstić information content (AvgIpc) is 3.27. The zero-order valence-corrected chi connectivity index (χ0v) is 14.9. The first-order chi connectivity index (χ1) is 13.1. The van der Waals surface area contributed by atoms with Gasteiger partial charge in [0, 0.05) is 30.2 Å². The highest BCUT2D eigenvalue weighted by atomic mass is 19.1. The second kappa shape index (κ2) is 7.38. The Balaban J connectivity index is 1.53. The molecular weight excluding hydrogens is 349 g/mol. The Bertz CT molecular complexity index is 980. The number of aromatic hydroxyl groups is 1. The number of likely N-dealkylation sites (N-methyl/N-ethyl adjacent to an activating group) is 1. The minimum atomic E-state index is -0.381. The summed E-state index contributed by atoms with van der Waals surface area (Å²) < 4.78 is 25.3. The van der Waals surface area contributed by atoms with Crippen LogP contribution < -0.4 is 4.90 Å². The number of ether oxygens (including phenoxy) is 2. The van der Waals surface area contributed by atoms with Crippen LogP contribution in [0.3, 0.4) is 0 Å². The van der Waals surface area contributed by atoms with Gasteiger partial charge in [0.25, 0.3) is 0 Å². The van der Waals surface area contributed by atoms with Gasteiger partial charge in [0.1, 0.15) is 5.82 Å². The normalized spacial score (nSPS) is 15.2. The maximum Gasteiger partial charge on any atom is 0.198 e. The quantitative estimate of drug-likeness (QED) is 0.675. The number of aliphatic imine (C=N–C) groups is 1. The minimum absolute atomic E-state index is 0.0355. The summed E-state index contributed by atoms with van der Waals surface area (Å²) in [6.45, 7) is 1.58. The first kappa shape index (κ1) is 17.5. The lowest BCUT2D eigenvalue weighted by Crippen LogP contribution is -2.30. The maximum absolute atomic E-state index is 14.5. The van der Waals surface area contributed by atoms with Crippen LogP contribution in [0.4, 0.5) is 15.8 Å². The standard InChI is InChI=1S/C20H20FN3O3/c1-24(12-19-26-8-9-27-19)18-7-6-13(10-16(18)21)22-11-15-14-4-2-3-5-17(14)23-20(15)25/h2-7,10-11,19,23,25H,8-9,12H2,1H3. The van der Waals surface area contributed by atoms with Gasteiger partial charge in [0.05, 0.1) is 36.7 Å². The first-order valence-corrected chi connectivity index (χ1v) is 8.69. The van der Waals surface area contributed by atoms with Gasteiger partial charge in [-0.05, 0) is 18.2 Å². The van der Waals surface area contributed by atoms with Crippen LogP contribution in [0.5, 0.6) is 5.88 Å². The van der Waals surface area contributed by atoms with Crippen LogP contribution in [0.15, 0.2) is 47.5 Å². The van der Waals surface area contributed by atoms with Crippen molar-refractivity contribution >= 4 is 28.5 Å². The fraction of sp³-hybridized carbons (Fsp3) is 0.250. The Morgan fingerprint density at radius 2 is 2.04 bits per heavy atom. The van der Waals surface area contributed by atoms with Gasteiger partial charge in [-0.25, -0.2) is 4.39 Å². The number of nitrogens with one attached hydrogen (secondary N) is 1. The van der Waals surface area contributed by atoms with Crippen molar-refractivity contribution in [3.05, 3.63) is 53.8 Å². The van der Waals surface area contributed by atoms with Crippen molar-refractivity contribution in [1.82, 2.24) is 4.98 Å². The van der Waals surface area contributed by atoms with Gasteiger partial charge in [-0.2, -0.15) is 0 Å². The summed E-state index contributed by atoms with van der Waals surface area (Å²) >= 11 is 0. The van der Waals surface area contributed by atoms with Crippen molar-refractivity contribution in [3.8, 4) is 5.88 Å². The number of anilines is 1. The summed E-state index contributed by atoms with van der Waals surface area (Å²) in [4.78, 5) is 8.96. The molecule has 1 aliphatic rings. The van der Waals surface area contributed by atoms with Gasteiger partial charge >= 0.3 is 0 Å². The third-order valence-electron chi connectivity index (χ3n) is 4.52. The number of fused-ring (bicyclic) bond motifs is 1. The molecule has 4 rings (SSSR count). The summed E-state index contributed by atoms with van der Waals surface area (Å²) in [6, 6.07) is 12.3. The smallest absolute Gasteiger partial charge is 0.198 e. The highest BCUT2D eigenvalue weighted by molar-refractivity contribution is 6.02. The number of hydrogen-bond acceptors (Lipinski definition) is 5. The molecule has 2 N–H and O–H groups in total. The van der Waals surface area contributed by atoms with E-state index in [-0.39, 0.29) is 18.0 Å². The molecule has 2 heterocycles. The third-order valence-corrected chi connectivity index (χ3v) is 4.52. The Morgan fingerprint density at radius 1 is 1.26 bits per heavy atom. The number of aromatic amines is 1. The molecule has 0 radical (unpaired) electrons. The van der Waals surface area contributed by atoms with Crippen molar-refractivity contribution in [2.24, 2.45) is 4.99 Å². The first-order valence-electron chi connectivity index (χ1n) is 8.69. The molecule has 1 aromatic heterocycles. The summed E-state index contributed by atoms with van der Waals surface area (Å²) in [5, 5.41) is 10.9. The summed E-state index contributed by atoms with van der Waals surface area (Å²) in [7, 11) is 1.79. The molecule has 0 bridgehead atoms. The van der Waals surface area contributed by atoms with Gasteiger partial charge in [-0.15, -0.1) is 0 Å². The Kier molecular flexibility index (Phi) is 4.79. The lowest BCUT2D eigenvalue weighted by atomic mass is 10.2. The number of H-pyrrole nitrogens is 1. The number of aromatic nitrogens is 1. The number of hydrogen-bond donors (Lipinski definition) is 2. The molecule has 0 unspecified atom stereocenters. The second-order valence-corrected chi connectivity index (χ2v) is 6.38. The molecule has 27 heavy (non-hydrogen) atoms. The molecule has 0 aliphatic carbocycles. The van der Waals surface area contributed by atoms with Crippen molar-refractivity contribution in [1.29, 1.82) is 0 Å². The molecule has 6 nitrogen and oxygen atoms in total. The summed E-state index contributed by atoms with van der Waals surface area (Å²) in [5.41, 5.74) is 2.30. The van der Waals surface area contributed by atoms with E-state index in [2.05, 4.69) is 9.98 Å². The van der Waals surface area contributed by atoms with Crippen molar-refractivity contribution < 1.29 is 19.0 Å². The number of rotatable bonds is 5. The molecular formula is C20H20FN3O3. The van der Waals surface area contributed by atoms with Crippen LogP contribution in [0.25, 0.3) is 10.9 Å². The lowest BCUT2D eigenvalue weighted by molar-refractivity contribution is -0.0336. The zero-order chi connectivity index (χ0) is 18.8. The fourth-order valence-electron chi connectivity index (χ4n) is 3.14. The highest BCUT2D eigenvalue weighted by Gasteiger charge is 2.19. The van der Waals surface area contributed by atoms with Crippen LogP contribution in [-0.2, 0) is 9.47 Å². The van der Waals surface area contributed by atoms with E-state index < -0.39 is 0 Å². The van der Waals surface area contributed by atoms with Gasteiger partial charge in [-0.1, -0.05) is 18.2 Å². The predicted molar refractivity (Wildman–Crippen MR) is 103 cm³/mol. The molecule has 1 saturated heterocycles. The second-order valence-electron chi connectivity index (χ2n) is 6.38. The Labute approximate surface area is 155 Å².